The lowest BCUT2D eigenvalue weighted by atomic mass is 9.87. The fourth-order valence-electron chi connectivity index (χ4n) is 4.26. The van der Waals surface area contributed by atoms with Gasteiger partial charge in [-0.1, -0.05) is 13.0 Å². The van der Waals surface area contributed by atoms with Gasteiger partial charge in [-0.05, 0) is 30.2 Å². The zero-order valence-electron chi connectivity index (χ0n) is 19.0. The molecule has 0 aliphatic carbocycles. The number of pyridine rings is 1. The highest BCUT2D eigenvalue weighted by Crippen LogP contribution is 2.36. The van der Waals surface area contributed by atoms with Crippen molar-refractivity contribution in [3.63, 3.8) is 0 Å². The summed E-state index contributed by atoms with van der Waals surface area (Å²) < 4.78 is 11.7. The van der Waals surface area contributed by atoms with Crippen LogP contribution in [0, 0.1) is 5.92 Å². The lowest BCUT2D eigenvalue weighted by Crippen LogP contribution is -2.50. The van der Waals surface area contributed by atoms with Crippen LogP contribution < -0.4 is 15.8 Å². The number of primary amides is 1. The van der Waals surface area contributed by atoms with Gasteiger partial charge in [-0.2, -0.15) is 0 Å². The maximum atomic E-state index is 13.3. The van der Waals surface area contributed by atoms with Crippen molar-refractivity contribution in [2.24, 2.45) is 11.7 Å². The summed E-state index contributed by atoms with van der Waals surface area (Å²) in [6.07, 6.45) is 1.78. The van der Waals surface area contributed by atoms with Gasteiger partial charge in [0.15, 0.2) is 0 Å². The number of anilines is 1. The Hall–Kier alpha value is -3.57. The number of likely N-dealkylation sites (tertiary alicyclic amines) is 1. The van der Waals surface area contributed by atoms with Crippen molar-refractivity contribution in [1.82, 2.24) is 14.9 Å². The van der Waals surface area contributed by atoms with Crippen LogP contribution in [0.15, 0.2) is 36.0 Å². The molecular formula is C23H25N5O5S. The van der Waals surface area contributed by atoms with Gasteiger partial charge in [-0.15, -0.1) is 11.3 Å². The van der Waals surface area contributed by atoms with Crippen LogP contribution in [0.4, 0.5) is 5.69 Å². The number of nitrogens with zero attached hydrogens (tertiary/aromatic N) is 3. The molecule has 0 radical (unpaired) electrons. The van der Waals surface area contributed by atoms with E-state index in [-0.39, 0.29) is 35.2 Å². The molecule has 0 spiro atoms. The van der Waals surface area contributed by atoms with Crippen LogP contribution in [0.25, 0.3) is 10.2 Å². The fourth-order valence-corrected chi connectivity index (χ4v) is 4.92. The fraction of sp³-hybridized carbons (Fsp3) is 0.348. The molecule has 1 aromatic carbocycles. The van der Waals surface area contributed by atoms with Crippen LogP contribution in [0.2, 0.25) is 0 Å². The van der Waals surface area contributed by atoms with Crippen LogP contribution in [0.1, 0.15) is 35.3 Å². The quantitative estimate of drug-likeness (QED) is 0.532. The molecule has 0 saturated carbocycles. The molecule has 2 aromatic heterocycles. The number of fused-ring (bicyclic) bond motifs is 1. The van der Waals surface area contributed by atoms with Gasteiger partial charge in [0.05, 0.1) is 46.9 Å². The molecule has 1 aliphatic rings. The van der Waals surface area contributed by atoms with E-state index in [2.05, 4.69) is 15.3 Å². The number of methoxy groups -OCH3 is 2. The van der Waals surface area contributed by atoms with E-state index in [4.69, 9.17) is 15.2 Å². The molecule has 4 rings (SSSR count). The summed E-state index contributed by atoms with van der Waals surface area (Å²) >= 11 is 1.54. The SMILES string of the molecule is COc1ncc(NC(=O)C(=O)N2C[C@@H](C)C(OC)C[C@@H]2c2ccc3scnc3c2)cc1C(N)=O. The van der Waals surface area contributed by atoms with Crippen molar-refractivity contribution in [2.75, 3.05) is 26.1 Å². The Morgan fingerprint density at radius 3 is 2.71 bits per heavy atom. The van der Waals surface area contributed by atoms with Gasteiger partial charge in [0.1, 0.15) is 5.56 Å². The predicted octanol–water partition coefficient (Wildman–Crippen LogP) is 2.36. The molecule has 3 atom stereocenters. The van der Waals surface area contributed by atoms with E-state index >= 15 is 0 Å². The number of hydrogen-bond acceptors (Lipinski definition) is 8. The van der Waals surface area contributed by atoms with Crippen LogP contribution >= 0.6 is 11.3 Å². The summed E-state index contributed by atoms with van der Waals surface area (Å²) in [5, 5.41) is 2.53. The second-order valence-electron chi connectivity index (χ2n) is 8.14. The van der Waals surface area contributed by atoms with Crippen molar-refractivity contribution in [3.8, 4) is 5.88 Å². The van der Waals surface area contributed by atoms with Crippen molar-refractivity contribution in [3.05, 3.63) is 47.1 Å². The number of nitrogens with two attached hydrogens (primary N) is 1. The summed E-state index contributed by atoms with van der Waals surface area (Å²) in [6.45, 7) is 2.33. The zero-order chi connectivity index (χ0) is 24.4. The second-order valence-corrected chi connectivity index (χ2v) is 9.03. The van der Waals surface area contributed by atoms with Crippen LogP contribution in [-0.2, 0) is 14.3 Å². The van der Waals surface area contributed by atoms with E-state index in [9.17, 15) is 14.4 Å². The number of carbonyl (C=O) groups is 3. The van der Waals surface area contributed by atoms with Gasteiger partial charge < -0.3 is 25.4 Å². The average molecular weight is 484 g/mol. The Labute approximate surface area is 200 Å². The standard InChI is InChI=1S/C23H25N5O5S/c1-12-10-28(17(8-18(12)32-2)13-4-5-19-16(6-13)26-11-34-19)23(31)21(30)27-14-7-15(20(24)29)22(33-3)25-9-14/h4-7,9,11-12,17-18H,8,10H2,1-3H3,(H2,24,29)(H,27,30)/t12-,17-,18?/m1/s1. The minimum Gasteiger partial charge on any atom is -0.480 e. The van der Waals surface area contributed by atoms with Crippen LogP contribution in [0.5, 0.6) is 5.88 Å². The molecule has 1 unspecified atom stereocenters. The molecular weight excluding hydrogens is 458 g/mol. The molecule has 1 fully saturated rings. The van der Waals surface area contributed by atoms with Crippen LogP contribution in [-0.4, -0.2) is 59.5 Å². The van der Waals surface area contributed by atoms with Gasteiger partial charge in [-0.25, -0.2) is 9.97 Å². The molecule has 3 amide bonds. The Bertz CT molecular complexity index is 1250. The third-order valence-corrected chi connectivity index (χ3v) is 6.83. The smallest absolute Gasteiger partial charge is 0.313 e. The third kappa shape index (κ3) is 4.57. The first kappa shape index (κ1) is 23.6. The van der Waals surface area contributed by atoms with Crippen LogP contribution in [0.3, 0.4) is 0 Å². The number of rotatable bonds is 5. The average Bonchev–Trinajstić information content (AvgIpc) is 3.31. The highest BCUT2D eigenvalue weighted by molar-refractivity contribution is 7.16. The number of nitrogens with one attached hydrogen (secondary N) is 1. The third-order valence-electron chi connectivity index (χ3n) is 6.02. The number of hydrogen-bond donors (Lipinski definition) is 2. The molecule has 11 heteroatoms. The largest absolute Gasteiger partial charge is 0.480 e. The van der Waals surface area contributed by atoms with E-state index in [1.807, 2.05) is 25.1 Å². The number of amides is 3. The first-order chi connectivity index (χ1) is 16.3. The zero-order valence-corrected chi connectivity index (χ0v) is 19.8. The molecule has 34 heavy (non-hydrogen) atoms. The maximum Gasteiger partial charge on any atom is 0.313 e. The minimum absolute atomic E-state index is 0.00304. The number of ether oxygens (including phenoxy) is 2. The summed E-state index contributed by atoms with van der Waals surface area (Å²) in [5.41, 5.74) is 9.02. The Morgan fingerprint density at radius 2 is 2.00 bits per heavy atom. The number of benzene rings is 1. The molecule has 0 bridgehead atoms. The van der Waals surface area contributed by atoms with Gasteiger partial charge in [0.25, 0.3) is 5.91 Å². The van der Waals surface area contributed by atoms with Crippen molar-refractivity contribution in [1.29, 1.82) is 0 Å². The number of aromatic nitrogens is 2. The number of piperidine rings is 1. The normalized spacial score (nSPS) is 20.2. The highest BCUT2D eigenvalue weighted by atomic mass is 32.1. The summed E-state index contributed by atoms with van der Waals surface area (Å²) in [4.78, 5) is 47.8. The maximum absolute atomic E-state index is 13.3. The Morgan fingerprint density at radius 1 is 1.21 bits per heavy atom. The van der Waals surface area contributed by atoms with E-state index < -0.39 is 17.7 Å². The number of carbonyl (C=O) groups excluding carboxylic acids is 3. The topological polar surface area (TPSA) is 137 Å². The molecule has 3 aromatic rings. The van der Waals surface area contributed by atoms with Gasteiger partial charge in [-0.3, -0.25) is 14.4 Å². The van der Waals surface area contributed by atoms with Gasteiger partial charge in [0, 0.05) is 19.6 Å². The Balaban J connectivity index is 1.60. The lowest BCUT2D eigenvalue weighted by molar-refractivity contribution is -0.149. The minimum atomic E-state index is -0.842. The predicted molar refractivity (Wildman–Crippen MR) is 127 cm³/mol. The van der Waals surface area contributed by atoms with Gasteiger partial charge >= 0.3 is 11.8 Å². The number of thiazole rings is 1. The summed E-state index contributed by atoms with van der Waals surface area (Å²) in [6, 6.07) is 6.84. The lowest BCUT2D eigenvalue weighted by Gasteiger charge is -2.42. The highest BCUT2D eigenvalue weighted by Gasteiger charge is 2.39. The van der Waals surface area contributed by atoms with Crippen molar-refractivity contribution in [2.45, 2.75) is 25.5 Å². The van der Waals surface area contributed by atoms with E-state index in [1.54, 1.807) is 17.5 Å². The molecule has 178 valence electrons. The summed E-state index contributed by atoms with van der Waals surface area (Å²) in [7, 11) is 3.00. The first-order valence-corrected chi connectivity index (χ1v) is 11.5. The summed E-state index contributed by atoms with van der Waals surface area (Å²) in [5.74, 6) is -2.24. The monoisotopic (exact) mass is 483 g/mol. The molecule has 1 aliphatic heterocycles. The molecule has 10 nitrogen and oxygen atoms in total. The van der Waals surface area contributed by atoms with Crippen molar-refractivity contribution < 1.29 is 23.9 Å². The van der Waals surface area contributed by atoms with Crippen molar-refractivity contribution >= 4 is 45.0 Å². The second kappa shape index (κ2) is 9.74. The molecule has 3 heterocycles. The first-order valence-electron chi connectivity index (χ1n) is 10.6. The van der Waals surface area contributed by atoms with Gasteiger partial charge in [0.2, 0.25) is 5.88 Å². The van der Waals surface area contributed by atoms with E-state index in [0.29, 0.717) is 13.0 Å². The molecule has 3 N–H and O–H groups in total. The van der Waals surface area contributed by atoms with E-state index in [1.165, 1.54) is 30.7 Å². The molecule has 1 saturated heterocycles. The Kier molecular flexibility index (Phi) is 6.75. The van der Waals surface area contributed by atoms with E-state index in [0.717, 1.165) is 15.8 Å².